The second-order valence-electron chi connectivity index (χ2n) is 4.71. The van der Waals surface area contributed by atoms with Crippen LogP contribution in [0.2, 0.25) is 5.02 Å². The third-order valence-corrected chi connectivity index (χ3v) is 3.94. The van der Waals surface area contributed by atoms with Gasteiger partial charge in [-0.25, -0.2) is 0 Å². The van der Waals surface area contributed by atoms with Crippen LogP contribution in [0.15, 0.2) is 18.2 Å². The first-order chi connectivity index (χ1) is 7.68. The van der Waals surface area contributed by atoms with E-state index >= 15 is 0 Å². The van der Waals surface area contributed by atoms with Gasteiger partial charge in [-0.2, -0.15) is 0 Å². The Morgan fingerprint density at radius 2 is 2.06 bits per heavy atom. The van der Waals surface area contributed by atoms with E-state index in [0.717, 1.165) is 5.56 Å². The van der Waals surface area contributed by atoms with Crippen LogP contribution in [-0.2, 0) is 0 Å². The molecule has 1 aromatic rings. The fourth-order valence-corrected chi connectivity index (χ4v) is 2.68. The molecule has 16 heavy (non-hydrogen) atoms. The van der Waals surface area contributed by atoms with Crippen LogP contribution >= 0.6 is 11.6 Å². The summed E-state index contributed by atoms with van der Waals surface area (Å²) in [4.78, 5) is 12.1. The van der Waals surface area contributed by atoms with Crippen LogP contribution in [0.4, 0.5) is 0 Å². The monoisotopic (exact) mass is 236 g/mol. The fraction of sp³-hybridized carbons (Fsp3) is 0.500. The molecule has 0 saturated heterocycles. The fourth-order valence-electron chi connectivity index (χ4n) is 2.45. The Kier molecular flexibility index (Phi) is 3.65. The van der Waals surface area contributed by atoms with E-state index in [4.69, 9.17) is 11.6 Å². The predicted octanol–water partition coefficient (Wildman–Crippen LogP) is 4.41. The Morgan fingerprint density at radius 3 is 2.75 bits per heavy atom. The molecule has 0 aliphatic heterocycles. The van der Waals surface area contributed by atoms with Crippen molar-refractivity contribution < 1.29 is 4.79 Å². The van der Waals surface area contributed by atoms with E-state index in [1.54, 1.807) is 0 Å². The number of carbonyl (C=O) groups excluding carboxylic acids is 1. The molecule has 0 radical (unpaired) electrons. The average molecular weight is 237 g/mol. The minimum absolute atomic E-state index is 0.209. The van der Waals surface area contributed by atoms with E-state index in [0.29, 0.717) is 22.9 Å². The minimum atomic E-state index is 0.209. The van der Waals surface area contributed by atoms with E-state index in [1.807, 2.05) is 25.1 Å². The van der Waals surface area contributed by atoms with Crippen LogP contribution in [0.3, 0.4) is 0 Å². The largest absolute Gasteiger partial charge is 0.294 e. The van der Waals surface area contributed by atoms with E-state index in [9.17, 15) is 4.79 Å². The summed E-state index contributed by atoms with van der Waals surface area (Å²) in [6.45, 7) is 1.94. The second kappa shape index (κ2) is 5.01. The van der Waals surface area contributed by atoms with E-state index in [1.165, 1.54) is 25.7 Å². The summed E-state index contributed by atoms with van der Waals surface area (Å²) in [5.41, 5.74) is 1.69. The van der Waals surface area contributed by atoms with Crippen LogP contribution in [0, 0.1) is 12.8 Å². The highest BCUT2D eigenvalue weighted by Crippen LogP contribution is 2.30. The zero-order chi connectivity index (χ0) is 11.5. The molecule has 0 unspecified atom stereocenters. The number of rotatable bonds is 3. The van der Waals surface area contributed by atoms with Crippen molar-refractivity contribution in [2.45, 2.75) is 39.0 Å². The van der Waals surface area contributed by atoms with Gasteiger partial charge < -0.3 is 0 Å². The molecule has 1 nitrogen and oxygen atoms in total. The molecular formula is C14H17ClO. The second-order valence-corrected chi connectivity index (χ2v) is 5.09. The highest BCUT2D eigenvalue weighted by atomic mass is 35.5. The molecular weight excluding hydrogens is 220 g/mol. The first kappa shape index (κ1) is 11.7. The van der Waals surface area contributed by atoms with Crippen molar-refractivity contribution in [3.05, 3.63) is 34.3 Å². The van der Waals surface area contributed by atoms with Gasteiger partial charge in [0.1, 0.15) is 0 Å². The molecule has 0 heterocycles. The predicted molar refractivity (Wildman–Crippen MR) is 67.1 cm³/mol. The lowest BCUT2D eigenvalue weighted by atomic mass is 9.96. The van der Waals surface area contributed by atoms with Crippen LogP contribution in [0.5, 0.6) is 0 Å². The highest BCUT2D eigenvalue weighted by Gasteiger charge is 2.20. The number of carbonyl (C=O) groups is 1. The van der Waals surface area contributed by atoms with Gasteiger partial charge in [-0.05, 0) is 24.5 Å². The van der Waals surface area contributed by atoms with Gasteiger partial charge in [-0.3, -0.25) is 4.79 Å². The lowest BCUT2D eigenvalue weighted by Gasteiger charge is -2.09. The molecule has 0 aromatic heterocycles. The van der Waals surface area contributed by atoms with Gasteiger partial charge in [-0.1, -0.05) is 49.4 Å². The van der Waals surface area contributed by atoms with Gasteiger partial charge in [0.05, 0.1) is 5.02 Å². The molecule has 0 spiro atoms. The van der Waals surface area contributed by atoms with E-state index < -0.39 is 0 Å². The molecule has 0 N–H and O–H groups in total. The molecule has 1 fully saturated rings. The van der Waals surface area contributed by atoms with E-state index in [-0.39, 0.29) is 5.78 Å². The van der Waals surface area contributed by atoms with Crippen molar-refractivity contribution >= 4 is 17.4 Å². The maximum atomic E-state index is 12.1. The van der Waals surface area contributed by atoms with Crippen LogP contribution < -0.4 is 0 Å². The first-order valence-corrected chi connectivity index (χ1v) is 6.34. The molecule has 2 rings (SSSR count). The Hall–Kier alpha value is -0.820. The summed E-state index contributed by atoms with van der Waals surface area (Å²) >= 11 is 6.15. The van der Waals surface area contributed by atoms with Crippen LogP contribution in [0.1, 0.15) is 48.0 Å². The van der Waals surface area contributed by atoms with Gasteiger partial charge in [-0.15, -0.1) is 0 Å². The Balaban J connectivity index is 2.11. The van der Waals surface area contributed by atoms with Crippen LogP contribution in [-0.4, -0.2) is 5.78 Å². The van der Waals surface area contributed by atoms with Crippen molar-refractivity contribution in [3.8, 4) is 0 Å². The maximum Gasteiger partial charge on any atom is 0.164 e. The van der Waals surface area contributed by atoms with Crippen molar-refractivity contribution in [3.63, 3.8) is 0 Å². The zero-order valence-corrected chi connectivity index (χ0v) is 10.4. The normalized spacial score (nSPS) is 16.6. The number of benzene rings is 1. The summed E-state index contributed by atoms with van der Waals surface area (Å²) in [6.07, 6.45) is 5.63. The summed E-state index contributed by atoms with van der Waals surface area (Å²) in [6, 6.07) is 5.68. The van der Waals surface area contributed by atoms with Gasteiger partial charge in [0.25, 0.3) is 0 Å². The number of aryl methyl sites for hydroxylation is 1. The Bertz CT molecular complexity index is 392. The summed E-state index contributed by atoms with van der Waals surface area (Å²) in [7, 11) is 0. The van der Waals surface area contributed by atoms with E-state index in [2.05, 4.69) is 0 Å². The lowest BCUT2D eigenvalue weighted by molar-refractivity contribution is 0.0962. The molecule has 0 atom stereocenters. The topological polar surface area (TPSA) is 17.1 Å². The number of Topliss-reactive ketones (excluding diaryl/α,β-unsaturated/α-hetero) is 1. The Morgan fingerprint density at radius 1 is 1.38 bits per heavy atom. The first-order valence-electron chi connectivity index (χ1n) is 5.97. The summed E-state index contributed by atoms with van der Waals surface area (Å²) < 4.78 is 0. The van der Waals surface area contributed by atoms with Gasteiger partial charge in [0.15, 0.2) is 5.78 Å². The minimum Gasteiger partial charge on any atom is -0.294 e. The SMILES string of the molecule is Cc1cccc(C(=O)CC2CCCC2)c1Cl. The quantitative estimate of drug-likeness (QED) is 0.711. The van der Waals surface area contributed by atoms with Gasteiger partial charge in [0.2, 0.25) is 0 Å². The van der Waals surface area contributed by atoms with Crippen molar-refractivity contribution in [2.75, 3.05) is 0 Å². The number of halogens is 1. The summed E-state index contributed by atoms with van der Waals surface area (Å²) in [5, 5.41) is 0.630. The molecule has 1 aromatic carbocycles. The molecule has 0 bridgehead atoms. The average Bonchev–Trinajstić information content (AvgIpc) is 2.74. The highest BCUT2D eigenvalue weighted by molar-refractivity contribution is 6.34. The molecule has 1 aliphatic carbocycles. The number of hydrogen-bond acceptors (Lipinski definition) is 1. The maximum absolute atomic E-state index is 12.1. The lowest BCUT2D eigenvalue weighted by Crippen LogP contribution is -2.06. The number of ketones is 1. The van der Waals surface area contributed by atoms with Crippen molar-refractivity contribution in [2.24, 2.45) is 5.92 Å². The molecule has 2 heteroatoms. The number of hydrogen-bond donors (Lipinski definition) is 0. The van der Waals surface area contributed by atoms with Crippen molar-refractivity contribution in [1.29, 1.82) is 0 Å². The molecule has 1 aliphatic rings. The third-order valence-electron chi connectivity index (χ3n) is 3.44. The van der Waals surface area contributed by atoms with Crippen LogP contribution in [0.25, 0.3) is 0 Å². The standard InChI is InChI=1S/C14H17ClO/c1-10-5-4-8-12(14(10)15)13(16)9-11-6-2-3-7-11/h4-5,8,11H,2-3,6-7,9H2,1H3. The smallest absolute Gasteiger partial charge is 0.164 e. The van der Waals surface area contributed by atoms with Gasteiger partial charge in [0, 0.05) is 12.0 Å². The third kappa shape index (κ3) is 2.46. The van der Waals surface area contributed by atoms with Gasteiger partial charge >= 0.3 is 0 Å². The zero-order valence-electron chi connectivity index (χ0n) is 9.63. The Labute approximate surface area is 102 Å². The van der Waals surface area contributed by atoms with Crippen molar-refractivity contribution in [1.82, 2.24) is 0 Å². The molecule has 1 saturated carbocycles. The molecule has 86 valence electrons. The molecule has 0 amide bonds. The summed E-state index contributed by atoms with van der Waals surface area (Å²) in [5.74, 6) is 0.796.